The molecule has 0 bridgehead atoms. The molecule has 1 fully saturated rings. The number of nitrogens with one attached hydrogen (secondary N) is 1. The maximum atomic E-state index is 14.1. The summed E-state index contributed by atoms with van der Waals surface area (Å²) in [5.41, 5.74) is -0.476. The lowest BCUT2D eigenvalue weighted by Crippen LogP contribution is -2.47. The summed E-state index contributed by atoms with van der Waals surface area (Å²) >= 11 is 0. The second kappa shape index (κ2) is 7.87. The number of benzene rings is 1. The van der Waals surface area contributed by atoms with Gasteiger partial charge in [0.1, 0.15) is 5.70 Å². The first-order valence-corrected chi connectivity index (χ1v) is 7.39. The third-order valence-corrected chi connectivity index (χ3v) is 3.41. The zero-order chi connectivity index (χ0) is 17.6. The molecule has 1 aromatic rings. The number of hydrogen-bond acceptors (Lipinski definition) is 3. The van der Waals surface area contributed by atoms with Crippen LogP contribution in [0.4, 0.5) is 13.6 Å². The molecule has 24 heavy (non-hydrogen) atoms. The normalized spacial score (nSPS) is 15.9. The van der Waals surface area contributed by atoms with Gasteiger partial charge in [0.05, 0.1) is 13.2 Å². The number of carbonyl (C=O) groups is 2. The Morgan fingerprint density at radius 3 is 2.46 bits per heavy atom. The van der Waals surface area contributed by atoms with Crippen LogP contribution in [0.1, 0.15) is 5.56 Å². The molecule has 2 rings (SSSR count). The summed E-state index contributed by atoms with van der Waals surface area (Å²) in [6.45, 7) is 1.20. The standard InChI is InChI=1S/C16H18F2N2O4/c17-16(18,10-12-4-2-1-3-5-12)11-13(14(21)22)19-15(23)20-6-8-24-9-7-20/h1-5,11H,6-10H2,(H,19,23)(H,21,22)/b13-11+. The Morgan fingerprint density at radius 2 is 1.88 bits per heavy atom. The van der Waals surface area contributed by atoms with Crippen LogP contribution in [0.5, 0.6) is 0 Å². The summed E-state index contributed by atoms with van der Waals surface area (Å²) in [6, 6.07) is 7.24. The van der Waals surface area contributed by atoms with Gasteiger partial charge in [-0.15, -0.1) is 0 Å². The molecule has 8 heteroatoms. The van der Waals surface area contributed by atoms with Crippen molar-refractivity contribution < 1.29 is 28.2 Å². The van der Waals surface area contributed by atoms with E-state index in [-0.39, 0.29) is 19.2 Å². The molecule has 0 radical (unpaired) electrons. The quantitative estimate of drug-likeness (QED) is 0.802. The molecule has 0 atom stereocenters. The third-order valence-electron chi connectivity index (χ3n) is 3.41. The molecule has 1 aliphatic heterocycles. The van der Waals surface area contributed by atoms with Gasteiger partial charge in [0.15, 0.2) is 0 Å². The number of halogens is 2. The summed E-state index contributed by atoms with van der Waals surface area (Å²) in [5.74, 6) is -5.03. The van der Waals surface area contributed by atoms with Gasteiger partial charge in [-0.2, -0.15) is 0 Å². The zero-order valence-corrected chi connectivity index (χ0v) is 12.9. The fourth-order valence-electron chi connectivity index (χ4n) is 2.24. The molecule has 2 amide bonds. The highest BCUT2D eigenvalue weighted by Gasteiger charge is 2.30. The van der Waals surface area contributed by atoms with Gasteiger partial charge in [0.25, 0.3) is 5.92 Å². The monoisotopic (exact) mass is 340 g/mol. The Morgan fingerprint density at radius 1 is 1.25 bits per heavy atom. The highest BCUT2D eigenvalue weighted by molar-refractivity contribution is 5.92. The molecule has 1 aliphatic rings. The molecule has 1 aromatic carbocycles. The number of aliphatic carboxylic acids is 1. The first kappa shape index (κ1) is 17.9. The molecule has 1 saturated heterocycles. The fourth-order valence-corrected chi connectivity index (χ4v) is 2.24. The van der Waals surface area contributed by atoms with E-state index in [2.05, 4.69) is 0 Å². The van der Waals surface area contributed by atoms with E-state index in [1.165, 1.54) is 17.0 Å². The summed E-state index contributed by atoms with van der Waals surface area (Å²) in [4.78, 5) is 24.5. The molecule has 130 valence electrons. The van der Waals surface area contributed by atoms with Crippen molar-refractivity contribution >= 4 is 12.0 Å². The van der Waals surface area contributed by atoms with Crippen molar-refractivity contribution in [3.8, 4) is 0 Å². The van der Waals surface area contributed by atoms with Crippen molar-refractivity contribution in [1.29, 1.82) is 0 Å². The van der Waals surface area contributed by atoms with Crippen LogP contribution in [0.15, 0.2) is 42.1 Å². The molecule has 0 unspecified atom stereocenters. The van der Waals surface area contributed by atoms with Crippen LogP contribution in [-0.2, 0) is 16.0 Å². The lowest BCUT2D eigenvalue weighted by Gasteiger charge is -2.27. The van der Waals surface area contributed by atoms with Crippen molar-refractivity contribution in [2.24, 2.45) is 0 Å². The number of carboxylic acid groups (broad SMARTS) is 1. The number of ether oxygens (including phenoxy) is 1. The Kier molecular flexibility index (Phi) is 5.86. The molecule has 0 aliphatic carbocycles. The van der Waals surface area contributed by atoms with E-state index < -0.39 is 30.0 Å². The average molecular weight is 340 g/mol. The van der Waals surface area contributed by atoms with E-state index >= 15 is 0 Å². The number of hydrogen-bond donors (Lipinski definition) is 2. The number of rotatable bonds is 5. The smallest absolute Gasteiger partial charge is 0.352 e. The summed E-state index contributed by atoms with van der Waals surface area (Å²) in [7, 11) is 0. The second-order valence-electron chi connectivity index (χ2n) is 5.32. The second-order valence-corrected chi connectivity index (χ2v) is 5.32. The first-order chi connectivity index (χ1) is 11.4. The Balaban J connectivity index is 2.08. The molecule has 0 saturated carbocycles. The predicted molar refractivity (Wildman–Crippen MR) is 81.7 cm³/mol. The largest absolute Gasteiger partial charge is 0.477 e. The SMILES string of the molecule is O=C(O)/C(=C\C(F)(F)Cc1ccccc1)NC(=O)N1CCOCC1. The number of carboxylic acids is 1. The highest BCUT2D eigenvalue weighted by atomic mass is 19.3. The van der Waals surface area contributed by atoms with Crippen LogP contribution in [0.3, 0.4) is 0 Å². The van der Waals surface area contributed by atoms with Crippen molar-refractivity contribution in [2.45, 2.75) is 12.3 Å². The molecular weight excluding hydrogens is 322 g/mol. The minimum absolute atomic E-state index is 0.277. The number of morpholine rings is 1. The van der Waals surface area contributed by atoms with E-state index in [1.807, 2.05) is 5.32 Å². The van der Waals surface area contributed by atoms with Crippen molar-refractivity contribution in [3.05, 3.63) is 47.7 Å². The molecule has 1 heterocycles. The van der Waals surface area contributed by atoms with Gasteiger partial charge in [-0.05, 0) is 5.56 Å². The number of allylic oxidation sites excluding steroid dienone is 1. The van der Waals surface area contributed by atoms with Crippen LogP contribution in [0.2, 0.25) is 0 Å². The number of nitrogens with zero attached hydrogens (tertiary/aromatic N) is 1. The van der Waals surface area contributed by atoms with Gasteiger partial charge in [-0.25, -0.2) is 18.4 Å². The Bertz CT molecular complexity index is 614. The van der Waals surface area contributed by atoms with E-state index in [1.54, 1.807) is 18.2 Å². The van der Waals surface area contributed by atoms with Crippen LogP contribution < -0.4 is 5.32 Å². The highest BCUT2D eigenvalue weighted by Crippen LogP contribution is 2.23. The summed E-state index contributed by atoms with van der Waals surface area (Å²) in [5, 5.41) is 11.1. The number of carbonyl (C=O) groups excluding carboxylic acids is 1. The molecule has 0 spiro atoms. The Labute approximate surface area is 137 Å². The molecule has 6 nitrogen and oxygen atoms in total. The van der Waals surface area contributed by atoms with Gasteiger partial charge in [-0.3, -0.25) is 0 Å². The lowest BCUT2D eigenvalue weighted by atomic mass is 10.1. The van der Waals surface area contributed by atoms with Crippen molar-refractivity contribution in [3.63, 3.8) is 0 Å². The van der Waals surface area contributed by atoms with Crippen molar-refractivity contribution in [2.75, 3.05) is 26.3 Å². The maximum absolute atomic E-state index is 14.1. The van der Waals surface area contributed by atoms with Gasteiger partial charge < -0.3 is 20.1 Å². The Hall–Kier alpha value is -2.48. The number of amides is 2. The van der Waals surface area contributed by atoms with E-state index in [0.29, 0.717) is 18.8 Å². The molecule has 2 N–H and O–H groups in total. The third kappa shape index (κ3) is 5.31. The first-order valence-electron chi connectivity index (χ1n) is 7.39. The van der Waals surface area contributed by atoms with E-state index in [4.69, 9.17) is 9.84 Å². The van der Waals surface area contributed by atoms with E-state index in [0.717, 1.165) is 0 Å². The van der Waals surface area contributed by atoms with Gasteiger partial charge in [0, 0.05) is 25.6 Å². The molecule has 0 aromatic heterocycles. The van der Waals surface area contributed by atoms with Crippen LogP contribution in [0.25, 0.3) is 0 Å². The minimum Gasteiger partial charge on any atom is -0.477 e. The average Bonchev–Trinajstić information content (AvgIpc) is 2.55. The van der Waals surface area contributed by atoms with Crippen LogP contribution >= 0.6 is 0 Å². The predicted octanol–water partition coefficient (Wildman–Crippen LogP) is 1.87. The topological polar surface area (TPSA) is 78.9 Å². The number of alkyl halides is 2. The zero-order valence-electron chi connectivity index (χ0n) is 12.9. The maximum Gasteiger partial charge on any atom is 0.352 e. The van der Waals surface area contributed by atoms with Crippen molar-refractivity contribution in [1.82, 2.24) is 10.2 Å². The van der Waals surface area contributed by atoms with Gasteiger partial charge >= 0.3 is 12.0 Å². The summed E-state index contributed by atoms with van der Waals surface area (Å²) < 4.78 is 33.3. The molecular formula is C16H18F2N2O4. The minimum atomic E-state index is -3.41. The summed E-state index contributed by atoms with van der Waals surface area (Å²) in [6.07, 6.45) is -0.376. The van der Waals surface area contributed by atoms with Gasteiger partial charge in [0.2, 0.25) is 0 Å². The fraction of sp³-hybridized carbons (Fsp3) is 0.375. The number of urea groups is 1. The lowest BCUT2D eigenvalue weighted by molar-refractivity contribution is -0.133. The van der Waals surface area contributed by atoms with Gasteiger partial charge in [-0.1, -0.05) is 30.3 Å². The van der Waals surface area contributed by atoms with E-state index in [9.17, 15) is 18.4 Å². The van der Waals surface area contributed by atoms with Crippen LogP contribution in [-0.4, -0.2) is 54.2 Å². The van der Waals surface area contributed by atoms with Crippen LogP contribution in [0, 0.1) is 0 Å².